The number of amides is 1. The van der Waals surface area contributed by atoms with Crippen molar-refractivity contribution in [3.05, 3.63) is 15.0 Å². The number of carbonyl (C=O) groups is 1. The SMILES string of the molecule is CC(C)(C)OC(=O)NC1CCC(CCN2CCc3sc(Cl)nc3C2)CC1. The lowest BCUT2D eigenvalue weighted by atomic mass is 9.84. The van der Waals surface area contributed by atoms with Gasteiger partial charge in [-0.2, -0.15) is 0 Å². The van der Waals surface area contributed by atoms with Gasteiger partial charge >= 0.3 is 6.09 Å². The van der Waals surface area contributed by atoms with Crippen molar-refractivity contribution in [2.24, 2.45) is 5.92 Å². The van der Waals surface area contributed by atoms with Gasteiger partial charge in [-0.25, -0.2) is 9.78 Å². The third-order valence-corrected chi connectivity index (χ3v) is 6.46. The van der Waals surface area contributed by atoms with E-state index in [1.165, 1.54) is 29.8 Å². The molecule has 1 amide bonds. The van der Waals surface area contributed by atoms with Gasteiger partial charge in [-0.05, 0) is 71.8 Å². The number of thiazole rings is 1. The number of nitrogens with one attached hydrogen (secondary N) is 1. The summed E-state index contributed by atoms with van der Waals surface area (Å²) in [5.41, 5.74) is 0.744. The third kappa shape index (κ3) is 5.83. The van der Waals surface area contributed by atoms with E-state index < -0.39 is 5.60 Å². The molecule has 2 aliphatic rings. The fraction of sp³-hybridized carbons (Fsp3) is 0.789. The molecular weight excluding hydrogens is 370 g/mol. The van der Waals surface area contributed by atoms with Crippen molar-refractivity contribution < 1.29 is 9.53 Å². The minimum atomic E-state index is -0.433. The van der Waals surface area contributed by atoms with Crippen LogP contribution in [-0.4, -0.2) is 40.7 Å². The van der Waals surface area contributed by atoms with Crippen molar-refractivity contribution >= 4 is 29.0 Å². The number of halogens is 1. The predicted molar refractivity (Wildman–Crippen MR) is 106 cm³/mol. The number of hydrogen-bond donors (Lipinski definition) is 1. The van der Waals surface area contributed by atoms with Crippen LogP contribution in [0.4, 0.5) is 4.79 Å². The Morgan fingerprint density at radius 1 is 1.35 bits per heavy atom. The summed E-state index contributed by atoms with van der Waals surface area (Å²) in [6, 6.07) is 0.260. The van der Waals surface area contributed by atoms with Crippen molar-refractivity contribution in [3.8, 4) is 0 Å². The fourth-order valence-corrected chi connectivity index (χ4v) is 5.01. The van der Waals surface area contributed by atoms with Crippen LogP contribution in [-0.2, 0) is 17.7 Å². The van der Waals surface area contributed by atoms with Gasteiger partial charge in [0, 0.05) is 24.0 Å². The van der Waals surface area contributed by atoms with Crippen molar-refractivity contribution in [1.82, 2.24) is 15.2 Å². The highest BCUT2D eigenvalue weighted by Gasteiger charge is 2.26. The normalized spacial score (nSPS) is 24.2. The van der Waals surface area contributed by atoms with Crippen molar-refractivity contribution in [2.75, 3.05) is 13.1 Å². The second-order valence-corrected chi connectivity index (χ2v) is 10.2. The zero-order valence-corrected chi connectivity index (χ0v) is 17.6. The molecular formula is C19H30ClN3O2S. The molecule has 0 radical (unpaired) electrons. The average molecular weight is 400 g/mol. The molecule has 3 rings (SSSR count). The monoisotopic (exact) mass is 399 g/mol. The summed E-state index contributed by atoms with van der Waals surface area (Å²) >= 11 is 7.66. The Kier molecular flexibility index (Phi) is 6.46. The molecule has 1 saturated carbocycles. The number of nitrogens with zero attached hydrogens (tertiary/aromatic N) is 2. The first-order chi connectivity index (χ1) is 12.3. The smallest absolute Gasteiger partial charge is 0.407 e. The minimum absolute atomic E-state index is 0.260. The molecule has 7 heteroatoms. The molecule has 146 valence electrons. The molecule has 1 fully saturated rings. The molecule has 1 aliphatic heterocycles. The van der Waals surface area contributed by atoms with E-state index >= 15 is 0 Å². The minimum Gasteiger partial charge on any atom is -0.444 e. The lowest BCUT2D eigenvalue weighted by molar-refractivity contribution is 0.0485. The maximum absolute atomic E-state index is 11.9. The van der Waals surface area contributed by atoms with Crippen LogP contribution < -0.4 is 5.32 Å². The quantitative estimate of drug-likeness (QED) is 0.801. The largest absolute Gasteiger partial charge is 0.444 e. The van der Waals surface area contributed by atoms with Gasteiger partial charge in [0.25, 0.3) is 0 Å². The molecule has 1 aliphatic carbocycles. The maximum Gasteiger partial charge on any atom is 0.407 e. The summed E-state index contributed by atoms with van der Waals surface area (Å²) < 4.78 is 6.03. The summed E-state index contributed by atoms with van der Waals surface area (Å²) in [4.78, 5) is 20.2. The Hall–Kier alpha value is -0.850. The van der Waals surface area contributed by atoms with Crippen LogP contribution in [0.15, 0.2) is 0 Å². The van der Waals surface area contributed by atoms with Crippen LogP contribution in [0, 0.1) is 5.92 Å². The molecule has 0 unspecified atom stereocenters. The highest BCUT2D eigenvalue weighted by Crippen LogP contribution is 2.30. The molecule has 1 N–H and O–H groups in total. The Morgan fingerprint density at radius 2 is 2.08 bits per heavy atom. The van der Waals surface area contributed by atoms with Crippen molar-refractivity contribution in [1.29, 1.82) is 0 Å². The summed E-state index contributed by atoms with van der Waals surface area (Å²) in [6.07, 6.45) is 6.49. The molecule has 0 saturated heterocycles. The van der Waals surface area contributed by atoms with E-state index in [4.69, 9.17) is 16.3 Å². The van der Waals surface area contributed by atoms with Gasteiger partial charge in [-0.3, -0.25) is 4.90 Å². The molecule has 2 heterocycles. The zero-order chi connectivity index (χ0) is 18.7. The topological polar surface area (TPSA) is 54.5 Å². The van der Waals surface area contributed by atoms with Gasteiger partial charge in [0.15, 0.2) is 4.47 Å². The van der Waals surface area contributed by atoms with Crippen LogP contribution >= 0.6 is 22.9 Å². The second kappa shape index (κ2) is 8.44. The maximum atomic E-state index is 11.9. The third-order valence-electron chi connectivity index (χ3n) is 5.20. The number of aromatic nitrogens is 1. The number of ether oxygens (including phenoxy) is 1. The van der Waals surface area contributed by atoms with Crippen molar-refractivity contribution in [2.45, 2.75) is 77.5 Å². The summed E-state index contributed by atoms with van der Waals surface area (Å²) in [7, 11) is 0. The van der Waals surface area contributed by atoms with E-state index in [-0.39, 0.29) is 12.1 Å². The van der Waals surface area contributed by atoms with E-state index in [1.807, 2.05) is 20.8 Å². The Balaban J connectivity index is 1.35. The zero-order valence-electron chi connectivity index (χ0n) is 16.0. The molecule has 0 aromatic carbocycles. The lowest BCUT2D eigenvalue weighted by Gasteiger charge is -2.32. The van der Waals surface area contributed by atoms with Crippen molar-refractivity contribution in [3.63, 3.8) is 0 Å². The van der Waals surface area contributed by atoms with E-state index in [2.05, 4.69) is 15.2 Å². The molecule has 0 bridgehead atoms. The first kappa shape index (κ1) is 19.9. The average Bonchev–Trinajstić information content (AvgIpc) is 2.91. The van der Waals surface area contributed by atoms with Gasteiger partial charge in [0.1, 0.15) is 5.60 Å². The molecule has 0 atom stereocenters. The number of rotatable bonds is 4. The van der Waals surface area contributed by atoms with Crippen LogP contribution in [0.5, 0.6) is 0 Å². The van der Waals surface area contributed by atoms with Gasteiger partial charge in [0.2, 0.25) is 0 Å². The molecule has 5 nitrogen and oxygen atoms in total. The van der Waals surface area contributed by atoms with Gasteiger partial charge in [-0.15, -0.1) is 11.3 Å². The number of carbonyl (C=O) groups excluding carboxylic acids is 1. The summed E-state index contributed by atoms with van der Waals surface area (Å²) in [5.74, 6) is 0.757. The van der Waals surface area contributed by atoms with Gasteiger partial charge < -0.3 is 10.1 Å². The molecule has 1 aromatic heterocycles. The Morgan fingerprint density at radius 3 is 2.77 bits per heavy atom. The van der Waals surface area contributed by atoms with Gasteiger partial charge in [0.05, 0.1) is 5.69 Å². The molecule has 26 heavy (non-hydrogen) atoms. The highest BCUT2D eigenvalue weighted by molar-refractivity contribution is 7.15. The highest BCUT2D eigenvalue weighted by atomic mass is 35.5. The van der Waals surface area contributed by atoms with Crippen LogP contribution in [0.1, 0.15) is 63.4 Å². The molecule has 1 aromatic rings. The Bertz CT molecular complexity index is 621. The standard InChI is InChI=1S/C19H30ClN3O2S/c1-19(2,3)25-18(24)21-14-6-4-13(5-7-14)8-10-23-11-9-16-15(12-23)22-17(20)26-16/h13-14H,4-12H2,1-3H3,(H,21,24). The van der Waals surface area contributed by atoms with Crippen LogP contribution in [0.2, 0.25) is 4.47 Å². The van der Waals surface area contributed by atoms with E-state index in [9.17, 15) is 4.79 Å². The number of hydrogen-bond acceptors (Lipinski definition) is 5. The number of alkyl carbamates (subject to hydrolysis) is 1. The predicted octanol–water partition coefficient (Wildman–Crippen LogP) is 4.63. The molecule has 0 spiro atoms. The first-order valence-corrected chi connectivity index (χ1v) is 10.8. The fourth-order valence-electron chi connectivity index (χ4n) is 3.85. The Labute approximate surface area is 165 Å². The van der Waals surface area contributed by atoms with Gasteiger partial charge in [-0.1, -0.05) is 11.6 Å². The first-order valence-electron chi connectivity index (χ1n) is 9.64. The van der Waals surface area contributed by atoms with E-state index in [1.54, 1.807) is 11.3 Å². The summed E-state index contributed by atoms with van der Waals surface area (Å²) in [6.45, 7) is 8.87. The summed E-state index contributed by atoms with van der Waals surface area (Å²) in [5, 5.41) is 3.02. The lowest BCUT2D eigenvalue weighted by Crippen LogP contribution is -2.41. The van der Waals surface area contributed by atoms with Crippen LogP contribution in [0.25, 0.3) is 0 Å². The van der Waals surface area contributed by atoms with E-state index in [0.717, 1.165) is 44.8 Å². The number of fused-ring (bicyclic) bond motifs is 1. The second-order valence-electron chi connectivity index (χ2n) is 8.52. The van der Waals surface area contributed by atoms with E-state index in [0.29, 0.717) is 4.47 Å². The van der Waals surface area contributed by atoms with Crippen LogP contribution in [0.3, 0.4) is 0 Å².